The fourth-order valence-corrected chi connectivity index (χ4v) is 5.01. The van der Waals surface area contributed by atoms with Gasteiger partial charge >= 0.3 is 5.76 Å². The lowest BCUT2D eigenvalue weighted by molar-refractivity contribution is 0.0766. The van der Waals surface area contributed by atoms with E-state index >= 15 is 0 Å². The van der Waals surface area contributed by atoms with Gasteiger partial charge < -0.3 is 23.7 Å². The molecule has 0 aliphatic carbocycles. The summed E-state index contributed by atoms with van der Waals surface area (Å²) in [5.74, 6) is 0.388. The van der Waals surface area contributed by atoms with E-state index in [0.29, 0.717) is 25.2 Å². The summed E-state index contributed by atoms with van der Waals surface area (Å²) >= 11 is 0. The molecule has 3 heterocycles. The zero-order valence-electron chi connectivity index (χ0n) is 20.1. The first-order valence-electron chi connectivity index (χ1n) is 12.1. The molecule has 6 rings (SSSR count). The van der Waals surface area contributed by atoms with Gasteiger partial charge in [0.15, 0.2) is 5.58 Å². The quantitative estimate of drug-likeness (QED) is 0.415. The summed E-state index contributed by atoms with van der Waals surface area (Å²) in [5.41, 5.74) is 6.07. The standard InChI is InChI=1S/C28H27N3O5/c1-34-23-6-2-19(3-7-23)17-31-25-9-4-20(14-26(25)36-28(31)33)16-30-18-21-15-22(5-8-24(21)27(30)32)29-10-12-35-13-11-29/h2-9,14-15H,10-13,16-18H2,1H3. The predicted octanol–water partition coefficient (Wildman–Crippen LogP) is 3.64. The van der Waals surface area contributed by atoms with E-state index in [4.69, 9.17) is 13.9 Å². The van der Waals surface area contributed by atoms with E-state index in [1.165, 1.54) is 0 Å². The van der Waals surface area contributed by atoms with Crippen molar-refractivity contribution >= 4 is 22.7 Å². The Bertz CT molecular complexity index is 1480. The van der Waals surface area contributed by atoms with Crippen LogP contribution in [0, 0.1) is 0 Å². The number of anilines is 1. The summed E-state index contributed by atoms with van der Waals surface area (Å²) < 4.78 is 17.8. The van der Waals surface area contributed by atoms with Crippen molar-refractivity contribution in [2.45, 2.75) is 19.6 Å². The summed E-state index contributed by atoms with van der Waals surface area (Å²) in [6.45, 7) is 4.59. The first kappa shape index (κ1) is 22.4. The number of ether oxygens (including phenoxy) is 2. The van der Waals surface area contributed by atoms with E-state index in [9.17, 15) is 9.59 Å². The highest BCUT2D eigenvalue weighted by Gasteiger charge is 2.28. The molecule has 3 aromatic carbocycles. The second kappa shape index (κ2) is 9.20. The van der Waals surface area contributed by atoms with Crippen molar-refractivity contribution in [1.82, 2.24) is 9.47 Å². The average molecular weight is 486 g/mol. The van der Waals surface area contributed by atoms with E-state index in [-0.39, 0.29) is 5.91 Å². The molecule has 4 aromatic rings. The SMILES string of the molecule is COc1ccc(Cn2c(=O)oc3cc(CN4Cc5cc(N6CCOCC6)ccc5C4=O)ccc32)cc1. The van der Waals surface area contributed by atoms with Crippen LogP contribution >= 0.6 is 0 Å². The highest BCUT2D eigenvalue weighted by molar-refractivity contribution is 5.98. The maximum Gasteiger partial charge on any atom is 0.420 e. The minimum atomic E-state index is -0.404. The first-order chi connectivity index (χ1) is 17.6. The van der Waals surface area contributed by atoms with E-state index in [1.54, 1.807) is 11.7 Å². The number of hydrogen-bond acceptors (Lipinski definition) is 6. The molecule has 2 aliphatic heterocycles. The molecule has 1 saturated heterocycles. The van der Waals surface area contributed by atoms with Crippen LogP contribution in [-0.4, -0.2) is 48.8 Å². The normalized spacial score (nSPS) is 15.5. The molecule has 8 heteroatoms. The van der Waals surface area contributed by atoms with Crippen molar-refractivity contribution in [3.05, 3.63) is 93.5 Å². The van der Waals surface area contributed by atoms with Crippen LogP contribution in [0.5, 0.6) is 5.75 Å². The third kappa shape index (κ3) is 4.13. The lowest BCUT2D eigenvalue weighted by atomic mass is 10.1. The molecule has 8 nitrogen and oxygen atoms in total. The van der Waals surface area contributed by atoms with Gasteiger partial charge in [0.1, 0.15) is 5.75 Å². The van der Waals surface area contributed by atoms with Crippen molar-refractivity contribution < 1.29 is 18.7 Å². The Morgan fingerprint density at radius 2 is 1.67 bits per heavy atom. The Labute approximate surface area is 208 Å². The molecular formula is C28H27N3O5. The molecule has 0 radical (unpaired) electrons. The van der Waals surface area contributed by atoms with E-state index in [1.807, 2.05) is 59.5 Å². The van der Waals surface area contributed by atoms with Crippen LogP contribution in [-0.2, 0) is 24.4 Å². The number of benzene rings is 3. The van der Waals surface area contributed by atoms with Crippen LogP contribution in [0.2, 0.25) is 0 Å². The van der Waals surface area contributed by atoms with Crippen LogP contribution in [0.15, 0.2) is 69.9 Å². The number of fused-ring (bicyclic) bond motifs is 2. The summed E-state index contributed by atoms with van der Waals surface area (Å²) in [4.78, 5) is 29.8. The van der Waals surface area contributed by atoms with Crippen molar-refractivity contribution in [1.29, 1.82) is 0 Å². The Morgan fingerprint density at radius 1 is 0.889 bits per heavy atom. The zero-order chi connectivity index (χ0) is 24.6. The number of aromatic nitrogens is 1. The van der Waals surface area contributed by atoms with Crippen LogP contribution in [0.3, 0.4) is 0 Å². The van der Waals surface area contributed by atoms with Gasteiger partial charge in [0, 0.05) is 37.4 Å². The molecule has 0 atom stereocenters. The Morgan fingerprint density at radius 3 is 2.44 bits per heavy atom. The predicted molar refractivity (Wildman–Crippen MR) is 136 cm³/mol. The van der Waals surface area contributed by atoms with Crippen molar-refractivity contribution in [2.24, 2.45) is 0 Å². The van der Waals surface area contributed by atoms with Gasteiger partial charge in [-0.2, -0.15) is 0 Å². The van der Waals surface area contributed by atoms with Crippen LogP contribution in [0.25, 0.3) is 11.1 Å². The number of nitrogens with zero attached hydrogens (tertiary/aromatic N) is 3. The van der Waals surface area contributed by atoms with Gasteiger partial charge in [0.05, 0.1) is 32.4 Å². The van der Waals surface area contributed by atoms with Crippen LogP contribution in [0.4, 0.5) is 5.69 Å². The van der Waals surface area contributed by atoms with Crippen molar-refractivity contribution in [3.63, 3.8) is 0 Å². The number of rotatable bonds is 6. The number of amides is 1. The van der Waals surface area contributed by atoms with Gasteiger partial charge in [0.2, 0.25) is 0 Å². The molecule has 1 aromatic heterocycles. The van der Waals surface area contributed by atoms with Gasteiger partial charge in [-0.1, -0.05) is 18.2 Å². The number of hydrogen-bond donors (Lipinski definition) is 0. The minimum absolute atomic E-state index is 0.0251. The number of carbonyl (C=O) groups excluding carboxylic acids is 1. The molecule has 0 saturated carbocycles. The maximum absolute atomic E-state index is 13.1. The zero-order valence-corrected chi connectivity index (χ0v) is 20.1. The van der Waals surface area contributed by atoms with Gasteiger partial charge in [-0.15, -0.1) is 0 Å². The lowest BCUT2D eigenvalue weighted by Crippen LogP contribution is -2.36. The fraction of sp³-hybridized carbons (Fsp3) is 0.286. The Kier molecular flexibility index (Phi) is 5.73. The Balaban J connectivity index is 1.20. The minimum Gasteiger partial charge on any atom is -0.497 e. The summed E-state index contributed by atoms with van der Waals surface area (Å²) in [7, 11) is 1.62. The monoisotopic (exact) mass is 485 g/mol. The Hall–Kier alpha value is -4.04. The third-order valence-electron chi connectivity index (χ3n) is 6.95. The molecule has 0 bridgehead atoms. The van der Waals surface area contributed by atoms with Crippen molar-refractivity contribution in [3.8, 4) is 5.75 Å². The van der Waals surface area contributed by atoms with Gasteiger partial charge in [-0.3, -0.25) is 9.36 Å². The number of methoxy groups -OCH3 is 1. The molecule has 36 heavy (non-hydrogen) atoms. The molecule has 1 fully saturated rings. The first-order valence-corrected chi connectivity index (χ1v) is 12.1. The van der Waals surface area contributed by atoms with Gasteiger partial charge in [-0.25, -0.2) is 4.79 Å². The second-order valence-corrected chi connectivity index (χ2v) is 9.21. The highest BCUT2D eigenvalue weighted by Crippen LogP contribution is 2.29. The van der Waals surface area contributed by atoms with Gasteiger partial charge in [0.25, 0.3) is 5.91 Å². The molecule has 0 N–H and O–H groups in total. The molecule has 0 unspecified atom stereocenters. The number of morpholine rings is 1. The summed E-state index contributed by atoms with van der Waals surface area (Å²) in [5, 5.41) is 0. The maximum atomic E-state index is 13.1. The molecule has 184 valence electrons. The molecule has 0 spiro atoms. The average Bonchev–Trinajstić information content (AvgIpc) is 3.39. The molecule has 2 aliphatic rings. The number of carbonyl (C=O) groups is 1. The van der Waals surface area contributed by atoms with E-state index in [2.05, 4.69) is 11.0 Å². The van der Waals surface area contributed by atoms with Crippen molar-refractivity contribution in [2.75, 3.05) is 38.3 Å². The van der Waals surface area contributed by atoms with E-state index < -0.39 is 5.76 Å². The topological polar surface area (TPSA) is 77.2 Å². The van der Waals surface area contributed by atoms with E-state index in [0.717, 1.165) is 65.5 Å². The second-order valence-electron chi connectivity index (χ2n) is 9.21. The lowest BCUT2D eigenvalue weighted by Gasteiger charge is -2.29. The largest absolute Gasteiger partial charge is 0.497 e. The number of oxazole rings is 1. The summed E-state index contributed by atoms with van der Waals surface area (Å²) in [6.07, 6.45) is 0. The van der Waals surface area contributed by atoms with Crippen LogP contribution < -0.4 is 15.4 Å². The van der Waals surface area contributed by atoms with Gasteiger partial charge in [-0.05, 0) is 59.2 Å². The highest BCUT2D eigenvalue weighted by atomic mass is 16.5. The fourth-order valence-electron chi connectivity index (χ4n) is 5.01. The molecular weight excluding hydrogens is 458 g/mol. The molecule has 1 amide bonds. The smallest absolute Gasteiger partial charge is 0.420 e. The summed E-state index contributed by atoms with van der Waals surface area (Å²) in [6, 6.07) is 19.4. The third-order valence-corrected chi connectivity index (χ3v) is 6.95. The van der Waals surface area contributed by atoms with Crippen LogP contribution in [0.1, 0.15) is 27.0 Å².